The van der Waals surface area contributed by atoms with Crippen molar-refractivity contribution >= 4 is 11.8 Å². The summed E-state index contributed by atoms with van der Waals surface area (Å²) in [5, 5.41) is 3.02. The van der Waals surface area contributed by atoms with Crippen molar-refractivity contribution in [2.75, 3.05) is 0 Å². The lowest BCUT2D eigenvalue weighted by atomic mass is 10.0. The van der Waals surface area contributed by atoms with E-state index in [-0.39, 0.29) is 24.8 Å². The van der Waals surface area contributed by atoms with Crippen LogP contribution in [-0.4, -0.2) is 17.9 Å². The molecule has 0 saturated carbocycles. The van der Waals surface area contributed by atoms with Crippen LogP contribution < -0.4 is 11.1 Å². The molecule has 4 nitrogen and oxygen atoms in total. The Balaban J connectivity index is 3.43. The number of primary amides is 1. The first-order valence-corrected chi connectivity index (χ1v) is 10.7. The van der Waals surface area contributed by atoms with Crippen LogP contribution >= 0.6 is 0 Å². The van der Waals surface area contributed by atoms with Crippen molar-refractivity contribution in [1.29, 1.82) is 0 Å². The van der Waals surface area contributed by atoms with Crippen molar-refractivity contribution in [2.45, 2.75) is 123 Å². The second-order valence-corrected chi connectivity index (χ2v) is 7.32. The fraction of sp³-hybridized carbons (Fsp3) is 0.905. The molecule has 0 heterocycles. The smallest absolute Gasteiger partial charge is 0.220 e. The quantitative estimate of drug-likeness (QED) is 0.330. The standard InChI is InChI=1S/C21H42N2O2/c1-3-5-6-7-8-9-10-11-12-13-14-15-16-19(4-2)23-21(25)18-17-20(22)24/h19H,3-18H2,1-2H3,(H2,22,24)(H,23,25). The first-order chi connectivity index (χ1) is 12.1. The van der Waals surface area contributed by atoms with Crippen LogP contribution in [0.15, 0.2) is 0 Å². The summed E-state index contributed by atoms with van der Waals surface area (Å²) in [4.78, 5) is 22.4. The molecule has 25 heavy (non-hydrogen) atoms. The summed E-state index contributed by atoms with van der Waals surface area (Å²) in [6, 6.07) is 0.239. The van der Waals surface area contributed by atoms with Crippen LogP contribution in [0, 0.1) is 0 Å². The summed E-state index contributed by atoms with van der Waals surface area (Å²) in [5.41, 5.74) is 5.07. The average Bonchev–Trinajstić information content (AvgIpc) is 2.59. The largest absolute Gasteiger partial charge is 0.370 e. The number of carbonyl (C=O) groups is 2. The zero-order valence-electron chi connectivity index (χ0n) is 16.8. The van der Waals surface area contributed by atoms with Gasteiger partial charge < -0.3 is 11.1 Å². The molecular formula is C21H42N2O2. The van der Waals surface area contributed by atoms with E-state index in [1.807, 2.05) is 0 Å². The molecule has 0 spiro atoms. The van der Waals surface area contributed by atoms with E-state index in [0.717, 1.165) is 12.8 Å². The number of hydrogen-bond donors (Lipinski definition) is 2. The van der Waals surface area contributed by atoms with Gasteiger partial charge in [-0.05, 0) is 12.8 Å². The summed E-state index contributed by atoms with van der Waals surface area (Å²) >= 11 is 0. The topological polar surface area (TPSA) is 72.2 Å². The zero-order chi connectivity index (χ0) is 18.8. The zero-order valence-corrected chi connectivity index (χ0v) is 16.8. The van der Waals surface area contributed by atoms with Crippen LogP contribution in [0.5, 0.6) is 0 Å². The van der Waals surface area contributed by atoms with Crippen molar-refractivity contribution in [1.82, 2.24) is 5.32 Å². The SMILES string of the molecule is CCCCCCCCCCCCCCC(CC)NC(=O)CCC(N)=O. The molecule has 3 N–H and O–H groups in total. The number of nitrogens with one attached hydrogen (secondary N) is 1. The van der Waals surface area contributed by atoms with E-state index >= 15 is 0 Å². The van der Waals surface area contributed by atoms with Crippen LogP contribution in [0.1, 0.15) is 117 Å². The molecule has 0 aliphatic carbocycles. The molecule has 4 heteroatoms. The summed E-state index contributed by atoms with van der Waals surface area (Å²) in [5.74, 6) is -0.464. The summed E-state index contributed by atoms with van der Waals surface area (Å²) in [6.07, 6.45) is 18.5. The maximum Gasteiger partial charge on any atom is 0.220 e. The lowest BCUT2D eigenvalue weighted by Gasteiger charge is -2.16. The van der Waals surface area contributed by atoms with Crippen molar-refractivity contribution in [3.8, 4) is 0 Å². The Morgan fingerprint density at radius 2 is 1.24 bits per heavy atom. The predicted octanol–water partition coefficient (Wildman–Crippen LogP) is 5.24. The molecule has 1 unspecified atom stereocenters. The highest BCUT2D eigenvalue weighted by molar-refractivity contribution is 5.82. The van der Waals surface area contributed by atoms with Gasteiger partial charge in [0.25, 0.3) is 0 Å². The van der Waals surface area contributed by atoms with Crippen molar-refractivity contribution in [3.63, 3.8) is 0 Å². The van der Waals surface area contributed by atoms with Crippen LogP contribution in [0.25, 0.3) is 0 Å². The molecular weight excluding hydrogens is 312 g/mol. The van der Waals surface area contributed by atoms with E-state index in [9.17, 15) is 9.59 Å². The molecule has 0 bridgehead atoms. The third-order valence-electron chi connectivity index (χ3n) is 4.86. The molecule has 2 amide bonds. The van der Waals surface area contributed by atoms with Crippen LogP contribution in [0.3, 0.4) is 0 Å². The molecule has 0 rings (SSSR count). The summed E-state index contributed by atoms with van der Waals surface area (Å²) < 4.78 is 0. The van der Waals surface area contributed by atoms with Gasteiger partial charge in [-0.25, -0.2) is 0 Å². The van der Waals surface area contributed by atoms with Crippen molar-refractivity contribution in [2.24, 2.45) is 5.73 Å². The second-order valence-electron chi connectivity index (χ2n) is 7.32. The van der Waals surface area contributed by atoms with E-state index < -0.39 is 5.91 Å². The summed E-state index contributed by atoms with van der Waals surface area (Å²) in [6.45, 7) is 4.36. The molecule has 0 aliphatic heterocycles. The number of hydrogen-bond acceptors (Lipinski definition) is 2. The average molecular weight is 355 g/mol. The second kappa shape index (κ2) is 17.8. The number of unbranched alkanes of at least 4 members (excludes halogenated alkanes) is 11. The Morgan fingerprint density at radius 3 is 1.68 bits per heavy atom. The fourth-order valence-corrected chi connectivity index (χ4v) is 3.15. The highest BCUT2D eigenvalue weighted by atomic mass is 16.2. The number of rotatable bonds is 18. The third-order valence-corrected chi connectivity index (χ3v) is 4.86. The van der Waals surface area contributed by atoms with E-state index in [2.05, 4.69) is 19.2 Å². The Labute approximate surface area is 155 Å². The van der Waals surface area contributed by atoms with E-state index in [1.54, 1.807) is 0 Å². The molecule has 0 aromatic rings. The van der Waals surface area contributed by atoms with Crippen LogP contribution in [0.4, 0.5) is 0 Å². The van der Waals surface area contributed by atoms with Gasteiger partial charge in [0.15, 0.2) is 0 Å². The molecule has 0 aliphatic rings. The summed E-state index contributed by atoms with van der Waals surface area (Å²) in [7, 11) is 0. The Kier molecular flexibility index (Phi) is 17.0. The van der Waals surface area contributed by atoms with Gasteiger partial charge in [-0.15, -0.1) is 0 Å². The van der Waals surface area contributed by atoms with E-state index in [1.165, 1.54) is 77.0 Å². The lowest BCUT2D eigenvalue weighted by molar-refractivity contribution is -0.125. The monoisotopic (exact) mass is 354 g/mol. The normalized spacial score (nSPS) is 12.1. The number of nitrogens with two attached hydrogens (primary N) is 1. The minimum atomic E-state index is -0.413. The fourth-order valence-electron chi connectivity index (χ4n) is 3.15. The lowest BCUT2D eigenvalue weighted by Crippen LogP contribution is -2.34. The van der Waals surface area contributed by atoms with Crippen molar-refractivity contribution in [3.05, 3.63) is 0 Å². The number of amides is 2. The highest BCUT2D eigenvalue weighted by Gasteiger charge is 2.10. The Bertz CT molecular complexity index is 332. The predicted molar refractivity (Wildman–Crippen MR) is 106 cm³/mol. The molecule has 1 atom stereocenters. The maximum atomic E-state index is 11.7. The van der Waals surface area contributed by atoms with Gasteiger partial charge in [-0.2, -0.15) is 0 Å². The van der Waals surface area contributed by atoms with Gasteiger partial charge in [0.05, 0.1) is 0 Å². The first-order valence-electron chi connectivity index (χ1n) is 10.7. The molecule has 0 radical (unpaired) electrons. The maximum absolute atomic E-state index is 11.7. The van der Waals surface area contributed by atoms with Crippen LogP contribution in [0.2, 0.25) is 0 Å². The van der Waals surface area contributed by atoms with E-state index in [0.29, 0.717) is 0 Å². The molecule has 0 aromatic heterocycles. The minimum absolute atomic E-state index is 0.0513. The van der Waals surface area contributed by atoms with Crippen LogP contribution in [-0.2, 0) is 9.59 Å². The molecule has 148 valence electrons. The van der Waals surface area contributed by atoms with Gasteiger partial charge in [0.2, 0.25) is 11.8 Å². The highest BCUT2D eigenvalue weighted by Crippen LogP contribution is 2.13. The number of carbonyl (C=O) groups excluding carboxylic acids is 2. The molecule has 0 fully saturated rings. The van der Waals surface area contributed by atoms with Gasteiger partial charge in [0, 0.05) is 18.9 Å². The van der Waals surface area contributed by atoms with Gasteiger partial charge in [0.1, 0.15) is 0 Å². The van der Waals surface area contributed by atoms with Gasteiger partial charge in [-0.3, -0.25) is 9.59 Å². The third kappa shape index (κ3) is 17.6. The van der Waals surface area contributed by atoms with Crippen molar-refractivity contribution < 1.29 is 9.59 Å². The minimum Gasteiger partial charge on any atom is -0.370 e. The first kappa shape index (κ1) is 23.9. The van der Waals surface area contributed by atoms with E-state index in [4.69, 9.17) is 5.73 Å². The van der Waals surface area contributed by atoms with Gasteiger partial charge in [-0.1, -0.05) is 90.9 Å². The molecule has 0 aromatic carbocycles. The Morgan fingerprint density at radius 1 is 0.760 bits per heavy atom. The molecule has 0 saturated heterocycles. The van der Waals surface area contributed by atoms with Gasteiger partial charge >= 0.3 is 0 Å². The Hall–Kier alpha value is -1.06.